The van der Waals surface area contributed by atoms with Gasteiger partial charge in [-0.25, -0.2) is 0 Å². The first-order valence-electron chi connectivity index (χ1n) is 5.49. The molecule has 1 atom stereocenters. The van der Waals surface area contributed by atoms with Crippen LogP contribution in [0.4, 0.5) is 5.69 Å². The van der Waals surface area contributed by atoms with Crippen LogP contribution in [0.2, 0.25) is 0 Å². The molecule has 0 radical (unpaired) electrons. The lowest BCUT2D eigenvalue weighted by Crippen LogP contribution is -2.36. The largest absolute Gasteiger partial charge is 0.322 e. The summed E-state index contributed by atoms with van der Waals surface area (Å²) in [5.74, 6) is 0.258. The van der Waals surface area contributed by atoms with E-state index in [1.165, 1.54) is 0 Å². The van der Waals surface area contributed by atoms with Gasteiger partial charge in [0.25, 0.3) is 0 Å². The third-order valence-corrected chi connectivity index (χ3v) is 2.44. The summed E-state index contributed by atoms with van der Waals surface area (Å²) in [6.07, 6.45) is 0.682. The van der Waals surface area contributed by atoms with Crippen LogP contribution in [0.1, 0.15) is 31.7 Å². The van der Waals surface area contributed by atoms with E-state index in [0.717, 1.165) is 17.1 Å². The standard InChI is InChI=1S/C11H20N4O/c1-6(2)5-9(12)11(16)13-10-7(3)14-15-8(10)4/h6,9H,5,12H2,1-4H3,(H,13,16)(H,14,15)/t9-/m0/s1. The van der Waals surface area contributed by atoms with E-state index in [2.05, 4.69) is 15.5 Å². The highest BCUT2D eigenvalue weighted by Crippen LogP contribution is 2.16. The molecule has 16 heavy (non-hydrogen) atoms. The minimum absolute atomic E-state index is 0.152. The highest BCUT2D eigenvalue weighted by Gasteiger charge is 2.17. The van der Waals surface area contributed by atoms with Gasteiger partial charge in [0.15, 0.2) is 0 Å². The first kappa shape index (κ1) is 12.7. The lowest BCUT2D eigenvalue weighted by atomic mass is 10.0. The van der Waals surface area contributed by atoms with E-state index in [-0.39, 0.29) is 5.91 Å². The van der Waals surface area contributed by atoms with Gasteiger partial charge < -0.3 is 11.1 Å². The fourth-order valence-corrected chi connectivity index (χ4v) is 1.57. The van der Waals surface area contributed by atoms with E-state index in [9.17, 15) is 4.79 Å². The number of rotatable bonds is 4. The van der Waals surface area contributed by atoms with Crippen molar-refractivity contribution in [2.75, 3.05) is 5.32 Å². The Morgan fingerprint density at radius 1 is 1.50 bits per heavy atom. The van der Waals surface area contributed by atoms with E-state index in [4.69, 9.17) is 5.73 Å². The fourth-order valence-electron chi connectivity index (χ4n) is 1.57. The molecule has 0 spiro atoms. The molecule has 1 amide bonds. The average Bonchev–Trinajstić information content (AvgIpc) is 2.48. The van der Waals surface area contributed by atoms with Gasteiger partial charge in [0, 0.05) is 0 Å². The molecule has 0 unspecified atom stereocenters. The Hall–Kier alpha value is -1.36. The number of amides is 1. The predicted octanol–water partition coefficient (Wildman–Crippen LogP) is 1.34. The zero-order chi connectivity index (χ0) is 12.3. The summed E-state index contributed by atoms with van der Waals surface area (Å²) in [6, 6.07) is -0.464. The van der Waals surface area contributed by atoms with Crippen molar-refractivity contribution in [2.45, 2.75) is 40.2 Å². The van der Waals surface area contributed by atoms with Crippen molar-refractivity contribution in [3.05, 3.63) is 11.4 Å². The molecular weight excluding hydrogens is 204 g/mol. The van der Waals surface area contributed by atoms with Crippen LogP contribution in [-0.2, 0) is 4.79 Å². The molecule has 1 heterocycles. The molecule has 0 saturated heterocycles. The number of nitrogens with one attached hydrogen (secondary N) is 2. The first-order chi connectivity index (χ1) is 7.41. The highest BCUT2D eigenvalue weighted by atomic mass is 16.2. The monoisotopic (exact) mass is 224 g/mol. The summed E-state index contributed by atoms with van der Waals surface area (Å²) in [4.78, 5) is 11.8. The Bertz CT molecular complexity index is 351. The third kappa shape index (κ3) is 3.06. The average molecular weight is 224 g/mol. The van der Waals surface area contributed by atoms with E-state index in [0.29, 0.717) is 12.3 Å². The van der Waals surface area contributed by atoms with E-state index < -0.39 is 6.04 Å². The van der Waals surface area contributed by atoms with Crippen LogP contribution in [-0.4, -0.2) is 22.1 Å². The van der Waals surface area contributed by atoms with Crippen LogP contribution in [0.15, 0.2) is 0 Å². The number of nitrogens with two attached hydrogens (primary N) is 1. The molecule has 0 fully saturated rings. The van der Waals surface area contributed by atoms with Crippen LogP contribution in [0.5, 0.6) is 0 Å². The molecule has 1 aromatic heterocycles. The Morgan fingerprint density at radius 3 is 2.56 bits per heavy atom. The van der Waals surface area contributed by atoms with Gasteiger partial charge in [-0.05, 0) is 26.2 Å². The van der Waals surface area contributed by atoms with E-state index in [1.54, 1.807) is 0 Å². The second-order valence-electron chi connectivity index (χ2n) is 4.53. The number of anilines is 1. The summed E-state index contributed by atoms with van der Waals surface area (Å²) in [6.45, 7) is 7.79. The van der Waals surface area contributed by atoms with Gasteiger partial charge in [0.1, 0.15) is 0 Å². The summed E-state index contributed by atoms with van der Waals surface area (Å²) >= 11 is 0. The second kappa shape index (κ2) is 5.12. The van der Waals surface area contributed by atoms with Crippen LogP contribution in [0.25, 0.3) is 0 Å². The van der Waals surface area contributed by atoms with Crippen molar-refractivity contribution < 1.29 is 4.79 Å². The summed E-state index contributed by atoms with van der Waals surface area (Å²) in [7, 11) is 0. The summed E-state index contributed by atoms with van der Waals surface area (Å²) in [5.41, 5.74) is 8.16. The lowest BCUT2D eigenvalue weighted by molar-refractivity contribution is -0.117. The molecule has 0 aromatic carbocycles. The number of H-pyrrole nitrogens is 1. The molecule has 0 aliphatic rings. The zero-order valence-electron chi connectivity index (χ0n) is 10.3. The number of carbonyl (C=O) groups is 1. The van der Waals surface area contributed by atoms with Crippen molar-refractivity contribution in [1.82, 2.24) is 10.2 Å². The predicted molar refractivity (Wildman–Crippen MR) is 64.1 cm³/mol. The topological polar surface area (TPSA) is 83.8 Å². The number of carbonyl (C=O) groups excluding carboxylic acids is 1. The minimum atomic E-state index is -0.464. The molecule has 5 heteroatoms. The number of aryl methyl sites for hydroxylation is 2. The maximum Gasteiger partial charge on any atom is 0.241 e. The highest BCUT2D eigenvalue weighted by molar-refractivity contribution is 5.95. The molecule has 5 nitrogen and oxygen atoms in total. The normalized spacial score (nSPS) is 12.9. The lowest BCUT2D eigenvalue weighted by Gasteiger charge is -2.14. The van der Waals surface area contributed by atoms with Gasteiger partial charge in [-0.2, -0.15) is 5.10 Å². The minimum Gasteiger partial charge on any atom is -0.322 e. The van der Waals surface area contributed by atoms with Crippen LogP contribution in [0, 0.1) is 19.8 Å². The van der Waals surface area contributed by atoms with Gasteiger partial charge in [-0.3, -0.25) is 9.89 Å². The van der Waals surface area contributed by atoms with Gasteiger partial charge in [0.2, 0.25) is 5.91 Å². The molecule has 4 N–H and O–H groups in total. The first-order valence-corrected chi connectivity index (χ1v) is 5.49. The Morgan fingerprint density at radius 2 is 2.12 bits per heavy atom. The quantitative estimate of drug-likeness (QED) is 0.721. The Kier molecular flexibility index (Phi) is 4.06. The summed E-state index contributed by atoms with van der Waals surface area (Å²) < 4.78 is 0. The zero-order valence-corrected chi connectivity index (χ0v) is 10.3. The van der Waals surface area contributed by atoms with Crippen LogP contribution >= 0.6 is 0 Å². The number of nitrogens with zero attached hydrogens (tertiary/aromatic N) is 1. The van der Waals surface area contributed by atoms with Crippen LogP contribution < -0.4 is 11.1 Å². The maximum absolute atomic E-state index is 11.8. The molecule has 0 bridgehead atoms. The Labute approximate surface area is 95.8 Å². The molecule has 0 saturated carbocycles. The molecule has 0 aliphatic heterocycles. The number of aromatic amines is 1. The van der Waals surface area contributed by atoms with E-state index in [1.807, 2.05) is 27.7 Å². The van der Waals surface area contributed by atoms with Gasteiger partial charge in [0.05, 0.1) is 23.1 Å². The van der Waals surface area contributed by atoms with Crippen molar-refractivity contribution in [3.8, 4) is 0 Å². The summed E-state index contributed by atoms with van der Waals surface area (Å²) in [5, 5.41) is 9.63. The smallest absolute Gasteiger partial charge is 0.241 e. The van der Waals surface area contributed by atoms with Crippen molar-refractivity contribution in [1.29, 1.82) is 0 Å². The number of hydrogen-bond acceptors (Lipinski definition) is 3. The van der Waals surface area contributed by atoms with E-state index >= 15 is 0 Å². The fraction of sp³-hybridized carbons (Fsp3) is 0.636. The molecular formula is C11H20N4O. The second-order valence-corrected chi connectivity index (χ2v) is 4.53. The SMILES string of the molecule is Cc1n[nH]c(C)c1NC(=O)[C@@H](N)CC(C)C. The molecule has 1 rings (SSSR count). The molecule has 0 aliphatic carbocycles. The molecule has 90 valence electrons. The van der Waals surface area contributed by atoms with Crippen molar-refractivity contribution in [2.24, 2.45) is 11.7 Å². The van der Waals surface area contributed by atoms with Crippen LogP contribution in [0.3, 0.4) is 0 Å². The number of hydrogen-bond donors (Lipinski definition) is 3. The maximum atomic E-state index is 11.8. The van der Waals surface area contributed by atoms with Crippen molar-refractivity contribution >= 4 is 11.6 Å². The number of aromatic nitrogens is 2. The molecule has 1 aromatic rings. The van der Waals surface area contributed by atoms with Gasteiger partial charge in [-0.1, -0.05) is 13.8 Å². The Balaban J connectivity index is 2.64. The third-order valence-electron chi connectivity index (χ3n) is 2.44. The van der Waals surface area contributed by atoms with Crippen molar-refractivity contribution in [3.63, 3.8) is 0 Å². The van der Waals surface area contributed by atoms with Gasteiger partial charge in [-0.15, -0.1) is 0 Å². The van der Waals surface area contributed by atoms with Gasteiger partial charge >= 0.3 is 0 Å².